The lowest BCUT2D eigenvalue weighted by molar-refractivity contribution is -0.138. The molecule has 0 spiro atoms. The van der Waals surface area contributed by atoms with Crippen molar-refractivity contribution in [2.24, 2.45) is 0 Å². The van der Waals surface area contributed by atoms with E-state index in [2.05, 4.69) is 4.98 Å². The molecule has 0 aliphatic carbocycles. The van der Waals surface area contributed by atoms with Crippen molar-refractivity contribution in [2.45, 2.75) is 26.3 Å². The van der Waals surface area contributed by atoms with Crippen molar-refractivity contribution in [2.75, 3.05) is 0 Å². The lowest BCUT2D eigenvalue weighted by Crippen LogP contribution is -2.14. The molecule has 0 fully saturated rings. The number of hydrogen-bond donors (Lipinski definition) is 1. The molecule has 8 heteroatoms. The van der Waals surface area contributed by atoms with Crippen LogP contribution in [0.4, 0.5) is 13.2 Å². The van der Waals surface area contributed by atoms with Crippen LogP contribution in [0.5, 0.6) is 5.75 Å². The van der Waals surface area contributed by atoms with Gasteiger partial charge in [0.25, 0.3) is 0 Å². The standard InChI is InChI=1S/C24H19F3N2O3/c1-15-10-11-20-19(12-15)28-22(14-32-21-9-5-3-7-17(21)23(30)31)29(20)13-16-6-2-4-8-18(16)24(25,26)27/h2-12H,13-14H2,1H3,(H,30,31). The number of aromatic carboxylic acids is 1. The Bertz CT molecular complexity index is 1300. The number of carboxylic acids is 1. The Labute approximate surface area is 181 Å². The molecule has 0 aliphatic heterocycles. The van der Waals surface area contributed by atoms with Crippen molar-refractivity contribution in [1.82, 2.24) is 9.55 Å². The van der Waals surface area contributed by atoms with E-state index < -0.39 is 17.7 Å². The van der Waals surface area contributed by atoms with Gasteiger partial charge in [-0.1, -0.05) is 36.4 Å². The minimum atomic E-state index is -4.49. The minimum absolute atomic E-state index is 0.00609. The normalized spacial score (nSPS) is 11.6. The topological polar surface area (TPSA) is 64.3 Å². The number of fused-ring (bicyclic) bond motifs is 1. The van der Waals surface area contributed by atoms with Crippen molar-refractivity contribution < 1.29 is 27.8 Å². The van der Waals surface area contributed by atoms with Crippen LogP contribution < -0.4 is 4.74 Å². The lowest BCUT2D eigenvalue weighted by Gasteiger charge is -2.16. The number of imidazole rings is 1. The van der Waals surface area contributed by atoms with Gasteiger partial charge >= 0.3 is 12.1 Å². The molecule has 3 aromatic carbocycles. The van der Waals surface area contributed by atoms with Gasteiger partial charge in [0, 0.05) is 0 Å². The number of benzene rings is 3. The van der Waals surface area contributed by atoms with Crippen molar-refractivity contribution in [1.29, 1.82) is 0 Å². The van der Waals surface area contributed by atoms with Crippen molar-refractivity contribution in [3.05, 3.63) is 94.8 Å². The average molecular weight is 440 g/mol. The van der Waals surface area contributed by atoms with Gasteiger partial charge in [-0.3, -0.25) is 0 Å². The monoisotopic (exact) mass is 440 g/mol. The van der Waals surface area contributed by atoms with Crippen molar-refractivity contribution in [3.63, 3.8) is 0 Å². The molecule has 4 rings (SSSR count). The maximum atomic E-state index is 13.5. The van der Waals surface area contributed by atoms with Gasteiger partial charge < -0.3 is 14.4 Å². The Kier molecular flexibility index (Phi) is 5.61. The summed E-state index contributed by atoms with van der Waals surface area (Å²) in [5.41, 5.74) is 1.64. The molecule has 0 aliphatic rings. The van der Waals surface area contributed by atoms with E-state index in [-0.39, 0.29) is 30.0 Å². The van der Waals surface area contributed by atoms with E-state index in [1.165, 1.54) is 24.3 Å². The zero-order chi connectivity index (χ0) is 22.9. The van der Waals surface area contributed by atoms with Crippen LogP contribution in [0.2, 0.25) is 0 Å². The number of carboxylic acid groups (broad SMARTS) is 1. The number of nitrogens with zero attached hydrogens (tertiary/aromatic N) is 2. The van der Waals surface area contributed by atoms with Crippen LogP contribution in [0.3, 0.4) is 0 Å². The molecular weight excluding hydrogens is 421 g/mol. The van der Waals surface area contributed by atoms with Gasteiger partial charge in [-0.05, 0) is 48.4 Å². The minimum Gasteiger partial charge on any atom is -0.485 e. The summed E-state index contributed by atoms with van der Waals surface area (Å²) in [6.45, 7) is 1.73. The Hall–Kier alpha value is -3.81. The highest BCUT2D eigenvalue weighted by Crippen LogP contribution is 2.33. The van der Waals surface area contributed by atoms with E-state index in [0.29, 0.717) is 16.9 Å². The predicted octanol–water partition coefficient (Wildman–Crippen LogP) is 5.69. The van der Waals surface area contributed by atoms with Gasteiger partial charge in [0.1, 0.15) is 23.7 Å². The largest absolute Gasteiger partial charge is 0.485 e. The van der Waals surface area contributed by atoms with E-state index in [4.69, 9.17) is 4.74 Å². The fraction of sp³-hybridized carbons (Fsp3) is 0.167. The Morgan fingerprint density at radius 2 is 1.78 bits per heavy atom. The highest BCUT2D eigenvalue weighted by atomic mass is 19.4. The zero-order valence-electron chi connectivity index (χ0n) is 17.1. The van der Waals surface area contributed by atoms with Crippen LogP contribution in [0, 0.1) is 6.92 Å². The van der Waals surface area contributed by atoms with E-state index in [0.717, 1.165) is 11.6 Å². The zero-order valence-corrected chi connectivity index (χ0v) is 17.1. The summed E-state index contributed by atoms with van der Waals surface area (Å²) in [5.74, 6) is -0.586. The molecule has 0 radical (unpaired) electrons. The van der Waals surface area contributed by atoms with Crippen molar-refractivity contribution >= 4 is 17.0 Å². The smallest absolute Gasteiger partial charge is 0.416 e. The quantitative estimate of drug-likeness (QED) is 0.418. The summed E-state index contributed by atoms with van der Waals surface area (Å²) in [6.07, 6.45) is -4.49. The Balaban J connectivity index is 1.75. The summed E-state index contributed by atoms with van der Waals surface area (Å²) >= 11 is 0. The molecule has 0 saturated carbocycles. The molecule has 1 heterocycles. The molecule has 4 aromatic rings. The molecule has 0 unspecified atom stereocenters. The summed E-state index contributed by atoms with van der Waals surface area (Å²) in [7, 11) is 0. The Morgan fingerprint density at radius 3 is 2.53 bits per heavy atom. The summed E-state index contributed by atoms with van der Waals surface area (Å²) < 4.78 is 48.0. The summed E-state index contributed by atoms with van der Waals surface area (Å²) in [4.78, 5) is 16.0. The SMILES string of the molecule is Cc1ccc2c(c1)nc(COc1ccccc1C(=O)O)n2Cc1ccccc1C(F)(F)F. The third-order valence-electron chi connectivity index (χ3n) is 5.11. The fourth-order valence-corrected chi connectivity index (χ4v) is 3.59. The Morgan fingerprint density at radius 1 is 1.06 bits per heavy atom. The van der Waals surface area contributed by atoms with Crippen LogP contribution in [0.1, 0.15) is 32.9 Å². The van der Waals surface area contributed by atoms with E-state index >= 15 is 0 Å². The van der Waals surface area contributed by atoms with Crippen LogP contribution in [-0.2, 0) is 19.3 Å². The molecule has 1 N–H and O–H groups in total. The first-order valence-electron chi connectivity index (χ1n) is 9.80. The second kappa shape index (κ2) is 8.37. The summed E-state index contributed by atoms with van der Waals surface area (Å²) in [6, 6.07) is 17.1. The van der Waals surface area contributed by atoms with Crippen molar-refractivity contribution in [3.8, 4) is 5.75 Å². The fourth-order valence-electron chi connectivity index (χ4n) is 3.59. The van der Waals surface area contributed by atoms with Crippen LogP contribution in [-0.4, -0.2) is 20.6 Å². The molecule has 164 valence electrons. The molecule has 32 heavy (non-hydrogen) atoms. The number of para-hydroxylation sites is 1. The first kappa shape index (κ1) is 21.4. The van der Waals surface area contributed by atoms with Gasteiger partial charge in [-0.2, -0.15) is 13.2 Å². The first-order chi connectivity index (χ1) is 15.2. The lowest BCUT2D eigenvalue weighted by atomic mass is 10.1. The van der Waals surface area contributed by atoms with E-state index in [1.54, 1.807) is 22.8 Å². The number of hydrogen-bond acceptors (Lipinski definition) is 3. The second-order valence-corrected chi connectivity index (χ2v) is 7.35. The number of aryl methyl sites for hydroxylation is 1. The first-order valence-corrected chi connectivity index (χ1v) is 9.80. The molecular formula is C24H19F3N2O3. The molecule has 5 nitrogen and oxygen atoms in total. The molecule has 1 aromatic heterocycles. The van der Waals surface area contributed by atoms with E-state index in [1.807, 2.05) is 25.1 Å². The van der Waals surface area contributed by atoms with Gasteiger partial charge in [-0.15, -0.1) is 0 Å². The number of ether oxygens (including phenoxy) is 1. The molecule has 0 atom stereocenters. The highest BCUT2D eigenvalue weighted by Gasteiger charge is 2.33. The van der Waals surface area contributed by atoms with Gasteiger partial charge in [0.15, 0.2) is 0 Å². The third-order valence-corrected chi connectivity index (χ3v) is 5.11. The predicted molar refractivity (Wildman–Crippen MR) is 113 cm³/mol. The van der Waals surface area contributed by atoms with Gasteiger partial charge in [-0.25, -0.2) is 9.78 Å². The van der Waals surface area contributed by atoms with E-state index in [9.17, 15) is 23.1 Å². The number of aromatic nitrogens is 2. The average Bonchev–Trinajstić information content (AvgIpc) is 3.08. The molecule has 0 amide bonds. The van der Waals surface area contributed by atoms with Crippen LogP contribution in [0.25, 0.3) is 11.0 Å². The molecule has 0 bridgehead atoms. The van der Waals surface area contributed by atoms with Crippen LogP contribution in [0.15, 0.2) is 66.7 Å². The number of halogens is 3. The maximum absolute atomic E-state index is 13.5. The number of alkyl halides is 3. The number of rotatable bonds is 6. The number of carbonyl (C=O) groups is 1. The molecule has 0 saturated heterocycles. The van der Waals surface area contributed by atoms with Gasteiger partial charge in [0.05, 0.1) is 23.1 Å². The summed E-state index contributed by atoms with van der Waals surface area (Å²) in [5, 5.41) is 9.36. The maximum Gasteiger partial charge on any atom is 0.416 e. The van der Waals surface area contributed by atoms with Gasteiger partial charge in [0.2, 0.25) is 0 Å². The third kappa shape index (κ3) is 4.30. The highest BCUT2D eigenvalue weighted by molar-refractivity contribution is 5.90. The second-order valence-electron chi connectivity index (χ2n) is 7.35. The van der Waals surface area contributed by atoms with Crippen LogP contribution >= 0.6 is 0 Å².